The van der Waals surface area contributed by atoms with Crippen molar-refractivity contribution in [1.29, 1.82) is 0 Å². The van der Waals surface area contributed by atoms with Crippen LogP contribution in [0.25, 0.3) is 0 Å². The number of benzene rings is 1. The number of hydrogen-bond acceptors (Lipinski definition) is 3. The van der Waals surface area contributed by atoms with Crippen LogP contribution in [0.4, 0.5) is 0 Å². The highest BCUT2D eigenvalue weighted by molar-refractivity contribution is 6.35. The molecule has 0 radical (unpaired) electrons. The number of ether oxygens (including phenoxy) is 1. The maximum Gasteiger partial charge on any atom is 0.138 e. The molecule has 19 heavy (non-hydrogen) atoms. The van der Waals surface area contributed by atoms with Gasteiger partial charge in [0.15, 0.2) is 0 Å². The topological polar surface area (TPSA) is 24.5 Å². The molecule has 0 atom stereocenters. The lowest BCUT2D eigenvalue weighted by Gasteiger charge is -2.42. The third kappa shape index (κ3) is 3.99. The normalized spacial score (nSPS) is 19.4. The molecule has 1 N–H and O–H groups in total. The first kappa shape index (κ1) is 14.9. The van der Waals surface area contributed by atoms with Crippen LogP contribution in [0, 0.1) is 0 Å². The van der Waals surface area contributed by atoms with Crippen LogP contribution in [0.3, 0.4) is 0 Å². The van der Waals surface area contributed by atoms with Crippen LogP contribution in [-0.4, -0.2) is 43.2 Å². The molecule has 0 aliphatic carbocycles. The van der Waals surface area contributed by atoms with Gasteiger partial charge in [-0.05, 0) is 32.0 Å². The van der Waals surface area contributed by atoms with Gasteiger partial charge in [-0.3, -0.25) is 4.90 Å². The van der Waals surface area contributed by atoms with E-state index in [1.807, 2.05) is 6.07 Å². The predicted molar refractivity (Wildman–Crippen MR) is 80.5 cm³/mol. The number of halogens is 2. The van der Waals surface area contributed by atoms with Gasteiger partial charge in [0, 0.05) is 36.7 Å². The van der Waals surface area contributed by atoms with Crippen LogP contribution in [0.2, 0.25) is 10.0 Å². The number of piperazine rings is 1. The molecule has 1 aliphatic heterocycles. The molecule has 1 aromatic carbocycles. The Hall–Kier alpha value is -0.480. The third-order valence-electron chi connectivity index (χ3n) is 3.48. The van der Waals surface area contributed by atoms with E-state index in [9.17, 15) is 0 Å². The second kappa shape index (κ2) is 6.31. The van der Waals surface area contributed by atoms with E-state index in [0.29, 0.717) is 22.4 Å². The van der Waals surface area contributed by atoms with Crippen molar-refractivity contribution in [1.82, 2.24) is 10.2 Å². The summed E-state index contributed by atoms with van der Waals surface area (Å²) in [6.45, 7) is 9.10. The zero-order valence-corrected chi connectivity index (χ0v) is 12.9. The average Bonchev–Trinajstić information content (AvgIpc) is 2.33. The Kier molecular flexibility index (Phi) is 4.96. The fourth-order valence-corrected chi connectivity index (χ4v) is 2.76. The van der Waals surface area contributed by atoms with E-state index in [2.05, 4.69) is 24.1 Å². The van der Waals surface area contributed by atoms with Crippen LogP contribution < -0.4 is 10.1 Å². The van der Waals surface area contributed by atoms with Gasteiger partial charge in [0.2, 0.25) is 0 Å². The SMILES string of the molecule is CC1(C)CNCCN1CCOc1ccc(Cl)cc1Cl. The summed E-state index contributed by atoms with van der Waals surface area (Å²) in [6, 6.07) is 5.30. The van der Waals surface area contributed by atoms with Gasteiger partial charge < -0.3 is 10.1 Å². The van der Waals surface area contributed by atoms with Gasteiger partial charge in [-0.2, -0.15) is 0 Å². The van der Waals surface area contributed by atoms with Gasteiger partial charge in [0.25, 0.3) is 0 Å². The molecule has 2 rings (SSSR count). The zero-order valence-electron chi connectivity index (χ0n) is 11.4. The Morgan fingerprint density at radius 1 is 1.37 bits per heavy atom. The standard InChI is InChI=1S/C14H20Cl2N2O/c1-14(2)10-17-5-6-18(14)7-8-19-13-4-3-11(15)9-12(13)16/h3-4,9,17H,5-8,10H2,1-2H3. The lowest BCUT2D eigenvalue weighted by molar-refractivity contribution is 0.0744. The highest BCUT2D eigenvalue weighted by atomic mass is 35.5. The minimum Gasteiger partial charge on any atom is -0.491 e. The number of rotatable bonds is 4. The molecule has 3 nitrogen and oxygen atoms in total. The van der Waals surface area contributed by atoms with Crippen LogP contribution in [0.5, 0.6) is 5.75 Å². The summed E-state index contributed by atoms with van der Waals surface area (Å²) in [4.78, 5) is 2.44. The largest absolute Gasteiger partial charge is 0.491 e. The summed E-state index contributed by atoms with van der Waals surface area (Å²) in [5, 5.41) is 4.60. The Morgan fingerprint density at radius 2 is 2.16 bits per heavy atom. The number of nitrogens with one attached hydrogen (secondary N) is 1. The minimum atomic E-state index is 0.172. The number of nitrogens with zero attached hydrogens (tertiary/aromatic N) is 1. The Labute approximate surface area is 124 Å². The van der Waals surface area contributed by atoms with Crippen LogP contribution in [0.15, 0.2) is 18.2 Å². The summed E-state index contributed by atoms with van der Waals surface area (Å²) in [5.74, 6) is 0.694. The van der Waals surface area contributed by atoms with E-state index in [-0.39, 0.29) is 5.54 Å². The summed E-state index contributed by atoms with van der Waals surface area (Å²) < 4.78 is 5.74. The fraction of sp³-hybridized carbons (Fsp3) is 0.571. The summed E-state index contributed by atoms with van der Waals surface area (Å²) in [6.07, 6.45) is 0. The summed E-state index contributed by atoms with van der Waals surface area (Å²) >= 11 is 11.9. The molecule has 1 fully saturated rings. The van der Waals surface area contributed by atoms with Crippen molar-refractivity contribution in [2.75, 3.05) is 32.8 Å². The highest BCUT2D eigenvalue weighted by Gasteiger charge is 2.28. The molecule has 0 unspecified atom stereocenters. The number of hydrogen-bond donors (Lipinski definition) is 1. The molecule has 0 aromatic heterocycles. The fourth-order valence-electron chi connectivity index (χ4n) is 2.30. The van der Waals surface area contributed by atoms with E-state index < -0.39 is 0 Å². The average molecular weight is 303 g/mol. The van der Waals surface area contributed by atoms with Gasteiger partial charge >= 0.3 is 0 Å². The van der Waals surface area contributed by atoms with E-state index in [0.717, 1.165) is 26.2 Å². The molecule has 1 saturated heterocycles. The Bertz CT molecular complexity index is 437. The third-order valence-corrected chi connectivity index (χ3v) is 4.02. The predicted octanol–water partition coefficient (Wildman–Crippen LogP) is 3.06. The van der Waals surface area contributed by atoms with E-state index in [1.54, 1.807) is 12.1 Å². The van der Waals surface area contributed by atoms with Crippen LogP contribution in [0.1, 0.15) is 13.8 Å². The van der Waals surface area contributed by atoms with Crippen molar-refractivity contribution in [3.8, 4) is 5.75 Å². The van der Waals surface area contributed by atoms with E-state index >= 15 is 0 Å². The molecule has 106 valence electrons. The molecule has 0 spiro atoms. The molecule has 1 aromatic rings. The van der Waals surface area contributed by atoms with Crippen LogP contribution in [-0.2, 0) is 0 Å². The van der Waals surface area contributed by atoms with Gasteiger partial charge in [-0.25, -0.2) is 0 Å². The molecule has 1 aliphatic rings. The van der Waals surface area contributed by atoms with Crippen molar-refractivity contribution in [2.45, 2.75) is 19.4 Å². The van der Waals surface area contributed by atoms with Gasteiger partial charge in [0.1, 0.15) is 12.4 Å². The van der Waals surface area contributed by atoms with Gasteiger partial charge in [-0.15, -0.1) is 0 Å². The maximum absolute atomic E-state index is 6.07. The summed E-state index contributed by atoms with van der Waals surface area (Å²) in [5.41, 5.74) is 0.172. The Balaban J connectivity index is 1.86. The maximum atomic E-state index is 6.07. The molecule has 0 bridgehead atoms. The van der Waals surface area contributed by atoms with Crippen LogP contribution >= 0.6 is 23.2 Å². The second-order valence-electron chi connectivity index (χ2n) is 5.40. The minimum absolute atomic E-state index is 0.172. The van der Waals surface area contributed by atoms with Crippen molar-refractivity contribution in [3.63, 3.8) is 0 Å². The van der Waals surface area contributed by atoms with Crippen molar-refractivity contribution in [3.05, 3.63) is 28.2 Å². The Morgan fingerprint density at radius 3 is 2.84 bits per heavy atom. The zero-order chi connectivity index (χ0) is 13.9. The van der Waals surface area contributed by atoms with Crippen molar-refractivity contribution < 1.29 is 4.74 Å². The molecule has 0 saturated carbocycles. The molecule has 1 heterocycles. The first-order valence-electron chi connectivity index (χ1n) is 6.53. The smallest absolute Gasteiger partial charge is 0.138 e. The van der Waals surface area contributed by atoms with Crippen molar-refractivity contribution >= 4 is 23.2 Å². The van der Waals surface area contributed by atoms with Gasteiger partial charge in [0.05, 0.1) is 5.02 Å². The van der Waals surface area contributed by atoms with E-state index in [1.165, 1.54) is 0 Å². The lowest BCUT2D eigenvalue weighted by Crippen LogP contribution is -2.58. The first-order valence-corrected chi connectivity index (χ1v) is 7.28. The first-order chi connectivity index (χ1) is 8.99. The monoisotopic (exact) mass is 302 g/mol. The highest BCUT2D eigenvalue weighted by Crippen LogP contribution is 2.27. The van der Waals surface area contributed by atoms with E-state index in [4.69, 9.17) is 27.9 Å². The van der Waals surface area contributed by atoms with Crippen molar-refractivity contribution in [2.24, 2.45) is 0 Å². The van der Waals surface area contributed by atoms with Gasteiger partial charge in [-0.1, -0.05) is 23.2 Å². The second-order valence-corrected chi connectivity index (χ2v) is 6.24. The lowest BCUT2D eigenvalue weighted by atomic mass is 10.0. The summed E-state index contributed by atoms with van der Waals surface area (Å²) in [7, 11) is 0. The molecule has 0 amide bonds. The molecular weight excluding hydrogens is 283 g/mol. The quantitative estimate of drug-likeness (QED) is 0.925. The molecule has 5 heteroatoms. The molecular formula is C14H20Cl2N2O.